The molecule has 0 spiro atoms. The van der Waals surface area contributed by atoms with E-state index >= 15 is 0 Å². The Morgan fingerprint density at radius 3 is 2.75 bits per heavy atom. The second-order valence-corrected chi connectivity index (χ2v) is 6.90. The van der Waals surface area contributed by atoms with Gasteiger partial charge in [-0.1, -0.05) is 17.7 Å². The van der Waals surface area contributed by atoms with E-state index in [1.807, 2.05) is 19.9 Å². The molecule has 0 radical (unpaired) electrons. The second kappa shape index (κ2) is 8.02. The zero-order chi connectivity index (χ0) is 20.4. The van der Waals surface area contributed by atoms with Crippen molar-refractivity contribution in [3.8, 4) is 5.75 Å². The number of allylic oxidation sites excluding steroid dienone is 1. The fourth-order valence-corrected chi connectivity index (χ4v) is 3.58. The molecular formula is C19H23ClN6O2. The highest BCUT2D eigenvalue weighted by Gasteiger charge is 2.20. The highest BCUT2D eigenvalue weighted by atomic mass is 35.5. The molecule has 0 aliphatic heterocycles. The van der Waals surface area contributed by atoms with Gasteiger partial charge in [0.2, 0.25) is 5.95 Å². The Balaban J connectivity index is 2.17. The molecule has 0 fully saturated rings. The van der Waals surface area contributed by atoms with Crippen LogP contribution < -0.4 is 16.2 Å². The first-order chi connectivity index (χ1) is 13.4. The fourth-order valence-electron chi connectivity index (χ4n) is 3.31. The first kappa shape index (κ1) is 19.9. The minimum absolute atomic E-state index is 0.0145. The Labute approximate surface area is 167 Å². The first-order valence-corrected chi connectivity index (χ1v) is 9.28. The zero-order valence-electron chi connectivity index (χ0n) is 16.2. The van der Waals surface area contributed by atoms with Gasteiger partial charge in [-0.05, 0) is 26.7 Å². The first-order valence-electron chi connectivity index (χ1n) is 8.91. The maximum absolute atomic E-state index is 13.2. The molecule has 0 aliphatic carbocycles. The summed E-state index contributed by atoms with van der Waals surface area (Å²) >= 11 is 6.31. The molecule has 0 unspecified atom stereocenters. The third kappa shape index (κ3) is 3.47. The molecule has 3 aromatic heterocycles. The summed E-state index contributed by atoms with van der Waals surface area (Å²) in [4.78, 5) is 25.9. The average molecular weight is 403 g/mol. The summed E-state index contributed by atoms with van der Waals surface area (Å²) in [6, 6.07) is 0. The van der Waals surface area contributed by atoms with Crippen LogP contribution in [0.4, 0.5) is 5.95 Å². The Hall–Kier alpha value is -2.87. The van der Waals surface area contributed by atoms with Crippen LogP contribution >= 0.6 is 11.6 Å². The molecule has 2 N–H and O–H groups in total. The number of pyridine rings is 1. The molecule has 0 amide bonds. The van der Waals surface area contributed by atoms with Crippen molar-refractivity contribution in [2.24, 2.45) is 0 Å². The molecule has 3 aromatic rings. The molecule has 0 atom stereocenters. The lowest BCUT2D eigenvalue weighted by Crippen LogP contribution is -2.25. The number of nitrogens with zero attached hydrogens (tertiary/aromatic N) is 5. The van der Waals surface area contributed by atoms with Crippen molar-refractivity contribution in [3.63, 3.8) is 0 Å². The molecule has 9 heteroatoms. The van der Waals surface area contributed by atoms with E-state index in [-0.39, 0.29) is 23.3 Å². The van der Waals surface area contributed by atoms with Crippen molar-refractivity contribution < 1.29 is 4.74 Å². The standard InChI is InChI=1S/C19H23ClN6O2/c1-5-6-7-8-25-14-16(20)23-18(21)24-17(14)26(19(25)27)10-13-12(3)15(28-4)11(2)9-22-13/h5,9H,1,6-8,10H2,2-4H3,(H2,21,23,24). The maximum Gasteiger partial charge on any atom is 0.330 e. The zero-order valence-corrected chi connectivity index (χ0v) is 17.0. The largest absolute Gasteiger partial charge is 0.496 e. The number of hydrogen-bond acceptors (Lipinski definition) is 6. The molecule has 148 valence electrons. The summed E-state index contributed by atoms with van der Waals surface area (Å²) in [6.07, 6.45) is 5.07. The van der Waals surface area contributed by atoms with E-state index in [1.165, 1.54) is 4.57 Å². The molecule has 0 bridgehead atoms. The van der Waals surface area contributed by atoms with Gasteiger partial charge in [0, 0.05) is 23.9 Å². The number of hydrogen-bond donors (Lipinski definition) is 1. The van der Waals surface area contributed by atoms with E-state index in [0.29, 0.717) is 23.4 Å². The number of ether oxygens (including phenoxy) is 1. The van der Waals surface area contributed by atoms with Gasteiger partial charge in [-0.15, -0.1) is 6.58 Å². The van der Waals surface area contributed by atoms with Crippen molar-refractivity contribution >= 4 is 28.7 Å². The highest BCUT2D eigenvalue weighted by Crippen LogP contribution is 2.26. The number of imidazole rings is 1. The van der Waals surface area contributed by atoms with Crippen LogP contribution in [0.2, 0.25) is 5.15 Å². The SMILES string of the molecule is C=CCCCn1c(=O)n(Cc2ncc(C)c(OC)c2C)c2nc(N)nc(Cl)c21. The number of nitrogens with two attached hydrogens (primary N) is 1. The smallest absolute Gasteiger partial charge is 0.330 e. The van der Waals surface area contributed by atoms with Crippen LogP contribution in [0.25, 0.3) is 11.2 Å². The number of nitrogen functional groups attached to an aromatic ring is 1. The number of unbranched alkanes of at least 4 members (excludes halogenated alkanes) is 1. The topological polar surface area (TPSA) is 101 Å². The summed E-state index contributed by atoms with van der Waals surface area (Å²) in [6.45, 7) is 8.26. The molecule has 0 aliphatic rings. The van der Waals surface area contributed by atoms with Crippen molar-refractivity contribution in [1.29, 1.82) is 0 Å². The molecule has 28 heavy (non-hydrogen) atoms. The fraction of sp³-hybridized carbons (Fsp3) is 0.368. The maximum atomic E-state index is 13.2. The third-order valence-electron chi connectivity index (χ3n) is 4.68. The lowest BCUT2D eigenvalue weighted by Gasteiger charge is -2.12. The lowest BCUT2D eigenvalue weighted by molar-refractivity contribution is 0.406. The summed E-state index contributed by atoms with van der Waals surface area (Å²) in [5, 5.41) is 0.156. The van der Waals surface area contributed by atoms with Gasteiger partial charge in [-0.25, -0.2) is 4.79 Å². The minimum Gasteiger partial charge on any atom is -0.496 e. The van der Waals surface area contributed by atoms with Gasteiger partial charge in [0.1, 0.15) is 11.3 Å². The molecular weight excluding hydrogens is 380 g/mol. The van der Waals surface area contributed by atoms with Crippen LogP contribution in [0.1, 0.15) is 29.7 Å². The number of aromatic nitrogens is 5. The van der Waals surface area contributed by atoms with Gasteiger partial charge < -0.3 is 10.5 Å². The van der Waals surface area contributed by atoms with Gasteiger partial charge in [-0.2, -0.15) is 9.97 Å². The van der Waals surface area contributed by atoms with Crippen molar-refractivity contribution in [1.82, 2.24) is 24.1 Å². The van der Waals surface area contributed by atoms with Crippen LogP contribution in [-0.4, -0.2) is 31.2 Å². The normalized spacial score (nSPS) is 11.1. The van der Waals surface area contributed by atoms with Crippen molar-refractivity contribution in [2.75, 3.05) is 12.8 Å². The lowest BCUT2D eigenvalue weighted by atomic mass is 10.1. The van der Waals surface area contributed by atoms with E-state index < -0.39 is 0 Å². The molecule has 3 heterocycles. The van der Waals surface area contributed by atoms with Crippen LogP contribution in [0.3, 0.4) is 0 Å². The summed E-state index contributed by atoms with van der Waals surface area (Å²) < 4.78 is 8.58. The van der Waals surface area contributed by atoms with Gasteiger partial charge in [0.05, 0.1) is 19.3 Å². The Bertz CT molecular complexity index is 1100. The monoisotopic (exact) mass is 402 g/mol. The summed E-state index contributed by atoms with van der Waals surface area (Å²) in [5.74, 6) is 0.764. The van der Waals surface area contributed by atoms with E-state index in [4.69, 9.17) is 22.1 Å². The molecule has 0 saturated heterocycles. The Morgan fingerprint density at radius 1 is 1.32 bits per heavy atom. The van der Waals surface area contributed by atoms with Crippen molar-refractivity contribution in [2.45, 2.75) is 39.8 Å². The predicted molar refractivity (Wildman–Crippen MR) is 110 cm³/mol. The highest BCUT2D eigenvalue weighted by molar-refractivity contribution is 6.33. The number of fused-ring (bicyclic) bond motifs is 1. The van der Waals surface area contributed by atoms with Crippen LogP contribution in [0.15, 0.2) is 23.6 Å². The molecule has 8 nitrogen and oxygen atoms in total. The number of methoxy groups -OCH3 is 1. The summed E-state index contributed by atoms with van der Waals surface area (Å²) in [7, 11) is 1.62. The van der Waals surface area contributed by atoms with Gasteiger partial charge in [0.25, 0.3) is 0 Å². The Morgan fingerprint density at radius 2 is 2.07 bits per heavy atom. The summed E-state index contributed by atoms with van der Waals surface area (Å²) in [5.41, 5.74) is 8.92. The Kier molecular flexibility index (Phi) is 5.69. The second-order valence-electron chi connectivity index (χ2n) is 6.54. The van der Waals surface area contributed by atoms with Crippen molar-refractivity contribution in [3.05, 3.63) is 51.3 Å². The number of anilines is 1. The van der Waals surface area contributed by atoms with E-state index in [2.05, 4.69) is 21.5 Å². The van der Waals surface area contributed by atoms with Gasteiger partial charge in [-0.3, -0.25) is 14.1 Å². The van der Waals surface area contributed by atoms with E-state index in [0.717, 1.165) is 29.7 Å². The van der Waals surface area contributed by atoms with E-state index in [9.17, 15) is 4.79 Å². The molecule has 0 aromatic carbocycles. The number of halogens is 1. The number of rotatable bonds is 7. The van der Waals surface area contributed by atoms with Gasteiger partial charge >= 0.3 is 5.69 Å². The van der Waals surface area contributed by atoms with E-state index in [1.54, 1.807) is 17.9 Å². The van der Waals surface area contributed by atoms with Gasteiger partial charge in [0.15, 0.2) is 10.8 Å². The minimum atomic E-state index is -0.235. The molecule has 3 rings (SSSR count). The number of aryl methyl sites for hydroxylation is 2. The quantitative estimate of drug-likeness (QED) is 0.370. The predicted octanol–water partition coefficient (Wildman–Crippen LogP) is 2.86. The average Bonchev–Trinajstić information content (AvgIpc) is 2.90. The van der Waals surface area contributed by atoms with Crippen LogP contribution in [-0.2, 0) is 13.1 Å². The van der Waals surface area contributed by atoms with Crippen LogP contribution in [0.5, 0.6) is 5.75 Å². The van der Waals surface area contributed by atoms with Crippen LogP contribution in [0, 0.1) is 13.8 Å². The molecule has 0 saturated carbocycles. The third-order valence-corrected chi connectivity index (χ3v) is 4.94.